The van der Waals surface area contributed by atoms with Crippen LogP contribution in [0.4, 0.5) is 0 Å². The lowest BCUT2D eigenvalue weighted by Crippen LogP contribution is -2.29. The van der Waals surface area contributed by atoms with Crippen molar-refractivity contribution in [2.24, 2.45) is 4.99 Å². The number of carbonyl (C=O) groups excluding carboxylic acids is 1. The van der Waals surface area contributed by atoms with Crippen molar-refractivity contribution < 1.29 is 9.53 Å². The number of nitrogens with zero attached hydrogens (tertiary/aromatic N) is 5. The van der Waals surface area contributed by atoms with Gasteiger partial charge < -0.3 is 9.30 Å². The second-order valence-electron chi connectivity index (χ2n) is 7.88. The van der Waals surface area contributed by atoms with Crippen LogP contribution in [0.1, 0.15) is 48.2 Å². The average Bonchev–Trinajstić information content (AvgIpc) is 2.84. The second-order valence-corrected chi connectivity index (χ2v) is 7.88. The van der Waals surface area contributed by atoms with E-state index in [-0.39, 0.29) is 16.6 Å². The number of para-hydroxylation sites is 1. The Morgan fingerprint density at radius 1 is 1.18 bits per heavy atom. The number of carbonyl (C=O) groups is 1. The van der Waals surface area contributed by atoms with Crippen molar-refractivity contribution in [3.63, 3.8) is 0 Å². The molecule has 0 radical (unpaired) electrons. The van der Waals surface area contributed by atoms with E-state index in [9.17, 15) is 14.9 Å². The van der Waals surface area contributed by atoms with E-state index in [1.54, 1.807) is 41.1 Å². The zero-order chi connectivity index (χ0) is 24.2. The quantitative estimate of drug-likeness (QED) is 0.412. The standard InChI is InChI=1S/C26H25N5O3/c1-4-6-13-30-23(29-25(32)19-11-7-8-12-21(19)34-5-2)18(16-27)15-20-24(30)28-22-17(3)10-9-14-31(22)26(20)33/h7-12,14-15H,4-6,13H2,1-3H3. The molecule has 3 heterocycles. The summed E-state index contributed by atoms with van der Waals surface area (Å²) < 4.78 is 8.78. The minimum atomic E-state index is -0.529. The van der Waals surface area contributed by atoms with Gasteiger partial charge in [-0.25, -0.2) is 4.98 Å². The highest BCUT2D eigenvalue weighted by molar-refractivity contribution is 5.97. The van der Waals surface area contributed by atoms with Gasteiger partial charge in [-0.2, -0.15) is 10.3 Å². The van der Waals surface area contributed by atoms with Gasteiger partial charge in [-0.15, -0.1) is 0 Å². The van der Waals surface area contributed by atoms with Crippen LogP contribution in [-0.4, -0.2) is 26.5 Å². The van der Waals surface area contributed by atoms with Crippen LogP contribution >= 0.6 is 0 Å². The largest absolute Gasteiger partial charge is 0.493 e. The molecule has 0 saturated carbocycles. The van der Waals surface area contributed by atoms with Crippen LogP contribution in [0.2, 0.25) is 0 Å². The Balaban J connectivity index is 2.08. The monoisotopic (exact) mass is 455 g/mol. The van der Waals surface area contributed by atoms with Gasteiger partial charge in [-0.1, -0.05) is 31.5 Å². The highest BCUT2D eigenvalue weighted by Crippen LogP contribution is 2.19. The molecular formula is C26H25N5O3. The van der Waals surface area contributed by atoms with Gasteiger partial charge >= 0.3 is 0 Å². The Morgan fingerprint density at radius 2 is 1.97 bits per heavy atom. The molecule has 0 N–H and O–H groups in total. The topological polar surface area (TPSA) is 102 Å². The summed E-state index contributed by atoms with van der Waals surface area (Å²) in [4.78, 5) is 35.6. The average molecular weight is 456 g/mol. The molecule has 0 spiro atoms. The normalized spacial score (nSPS) is 11.6. The molecule has 172 valence electrons. The summed E-state index contributed by atoms with van der Waals surface area (Å²) >= 11 is 0. The molecule has 1 amide bonds. The summed E-state index contributed by atoms with van der Waals surface area (Å²) in [6.07, 6.45) is 3.29. The fraction of sp³-hybridized carbons (Fsp3) is 0.269. The van der Waals surface area contributed by atoms with Gasteiger partial charge in [0.05, 0.1) is 23.1 Å². The number of ether oxygens (including phenoxy) is 1. The Kier molecular flexibility index (Phi) is 6.55. The van der Waals surface area contributed by atoms with E-state index in [1.807, 2.05) is 26.8 Å². The van der Waals surface area contributed by atoms with E-state index < -0.39 is 5.91 Å². The van der Waals surface area contributed by atoms with Crippen molar-refractivity contribution in [1.82, 2.24) is 14.0 Å². The summed E-state index contributed by atoms with van der Waals surface area (Å²) in [6.45, 7) is 6.62. The van der Waals surface area contributed by atoms with Gasteiger partial charge in [0.15, 0.2) is 5.49 Å². The molecule has 0 aliphatic carbocycles. The zero-order valence-electron chi connectivity index (χ0n) is 19.4. The van der Waals surface area contributed by atoms with Crippen molar-refractivity contribution in [2.45, 2.75) is 40.2 Å². The van der Waals surface area contributed by atoms with E-state index >= 15 is 0 Å². The number of pyridine rings is 2. The first-order valence-electron chi connectivity index (χ1n) is 11.3. The third-order valence-electron chi connectivity index (χ3n) is 5.59. The number of amides is 1. The predicted octanol–water partition coefficient (Wildman–Crippen LogP) is 3.77. The van der Waals surface area contributed by atoms with Gasteiger partial charge in [0.2, 0.25) is 0 Å². The van der Waals surface area contributed by atoms with E-state index in [2.05, 4.69) is 11.1 Å². The van der Waals surface area contributed by atoms with Crippen molar-refractivity contribution >= 4 is 22.6 Å². The van der Waals surface area contributed by atoms with Crippen LogP contribution in [0.15, 0.2) is 58.4 Å². The number of nitriles is 1. The zero-order valence-corrected chi connectivity index (χ0v) is 19.4. The first-order chi connectivity index (χ1) is 16.5. The molecule has 34 heavy (non-hydrogen) atoms. The lowest BCUT2D eigenvalue weighted by molar-refractivity contribution is 0.0993. The van der Waals surface area contributed by atoms with Crippen molar-refractivity contribution in [2.75, 3.05) is 6.61 Å². The first kappa shape index (κ1) is 22.9. The van der Waals surface area contributed by atoms with Gasteiger partial charge in [0.1, 0.15) is 23.1 Å². The van der Waals surface area contributed by atoms with E-state index in [1.165, 1.54) is 10.5 Å². The number of benzene rings is 1. The van der Waals surface area contributed by atoms with Crippen LogP contribution in [-0.2, 0) is 6.54 Å². The minimum Gasteiger partial charge on any atom is -0.493 e. The fourth-order valence-electron chi connectivity index (χ4n) is 3.90. The molecule has 8 heteroatoms. The van der Waals surface area contributed by atoms with Crippen molar-refractivity contribution in [1.29, 1.82) is 5.26 Å². The fourth-order valence-corrected chi connectivity index (χ4v) is 3.90. The number of rotatable bonds is 6. The summed E-state index contributed by atoms with van der Waals surface area (Å²) in [5.74, 6) is -0.102. The minimum absolute atomic E-state index is 0.136. The Hall–Kier alpha value is -4.25. The van der Waals surface area contributed by atoms with Crippen LogP contribution < -0.4 is 15.8 Å². The number of hydrogen-bond acceptors (Lipinski definition) is 5. The number of hydrogen-bond donors (Lipinski definition) is 0. The molecule has 4 rings (SSSR count). The summed E-state index contributed by atoms with van der Waals surface area (Å²) in [7, 11) is 0. The third-order valence-corrected chi connectivity index (χ3v) is 5.59. The first-order valence-corrected chi connectivity index (χ1v) is 11.3. The summed E-state index contributed by atoms with van der Waals surface area (Å²) in [5, 5.41) is 10.2. The summed E-state index contributed by atoms with van der Waals surface area (Å²) in [5.41, 5.74) is 2.11. The van der Waals surface area contributed by atoms with Gasteiger partial charge in [0, 0.05) is 12.7 Å². The van der Waals surface area contributed by atoms with Crippen LogP contribution in [0, 0.1) is 18.3 Å². The number of aryl methyl sites for hydroxylation is 2. The summed E-state index contributed by atoms with van der Waals surface area (Å²) in [6, 6.07) is 14.1. The Labute approximate surface area is 196 Å². The van der Waals surface area contributed by atoms with E-state index in [0.29, 0.717) is 41.1 Å². The highest BCUT2D eigenvalue weighted by atomic mass is 16.5. The van der Waals surface area contributed by atoms with Gasteiger partial charge in [0.25, 0.3) is 11.5 Å². The molecule has 0 saturated heterocycles. The number of fused-ring (bicyclic) bond motifs is 2. The smallest absolute Gasteiger partial charge is 0.282 e. The van der Waals surface area contributed by atoms with Crippen LogP contribution in [0.3, 0.4) is 0 Å². The maximum absolute atomic E-state index is 13.3. The molecular weight excluding hydrogens is 430 g/mol. The molecule has 0 aliphatic rings. The molecule has 0 unspecified atom stereocenters. The molecule has 8 nitrogen and oxygen atoms in total. The Bertz CT molecular complexity index is 1570. The molecule has 0 atom stereocenters. The lowest BCUT2D eigenvalue weighted by Gasteiger charge is -2.14. The van der Waals surface area contributed by atoms with Gasteiger partial charge in [-0.3, -0.25) is 14.0 Å². The van der Waals surface area contributed by atoms with Crippen LogP contribution in [0.25, 0.3) is 16.7 Å². The van der Waals surface area contributed by atoms with Gasteiger partial charge in [-0.05, 0) is 50.1 Å². The molecule has 0 aliphatic heterocycles. The molecule has 0 fully saturated rings. The molecule has 4 aromatic rings. The lowest BCUT2D eigenvalue weighted by atomic mass is 10.2. The SMILES string of the molecule is CCCCn1c(=NC(=O)c2ccccc2OCC)c(C#N)cc2c(=O)n3cccc(C)c3nc21. The van der Waals surface area contributed by atoms with E-state index in [0.717, 1.165) is 18.4 Å². The highest BCUT2D eigenvalue weighted by Gasteiger charge is 2.17. The molecule has 0 bridgehead atoms. The molecule has 1 aromatic carbocycles. The number of aromatic nitrogens is 3. The van der Waals surface area contributed by atoms with Crippen molar-refractivity contribution in [3.05, 3.63) is 81.2 Å². The maximum atomic E-state index is 13.3. The maximum Gasteiger partial charge on any atom is 0.282 e. The Morgan fingerprint density at radius 3 is 2.71 bits per heavy atom. The van der Waals surface area contributed by atoms with Crippen LogP contribution in [0.5, 0.6) is 5.75 Å². The predicted molar refractivity (Wildman–Crippen MR) is 129 cm³/mol. The molecule has 3 aromatic heterocycles. The second kappa shape index (κ2) is 9.71. The van der Waals surface area contributed by atoms with E-state index in [4.69, 9.17) is 9.72 Å². The van der Waals surface area contributed by atoms with Crippen molar-refractivity contribution in [3.8, 4) is 11.8 Å². The third kappa shape index (κ3) is 4.08. The number of unbranched alkanes of at least 4 members (excludes halogenated alkanes) is 1.